The molecule has 2 N–H and O–H groups in total. The molecule has 2 aromatic rings. The van der Waals surface area contributed by atoms with Gasteiger partial charge in [-0.2, -0.15) is 0 Å². The normalized spacial score (nSPS) is 17.5. The van der Waals surface area contributed by atoms with Crippen LogP contribution in [0.1, 0.15) is 36.1 Å². The maximum absolute atomic E-state index is 5.93. The van der Waals surface area contributed by atoms with E-state index in [1.165, 1.54) is 5.56 Å². The van der Waals surface area contributed by atoms with Gasteiger partial charge in [-0.15, -0.1) is 24.0 Å². The maximum atomic E-state index is 5.93. The molecule has 1 aliphatic heterocycles. The highest BCUT2D eigenvalue weighted by Gasteiger charge is 2.25. The zero-order valence-electron chi connectivity index (χ0n) is 16.9. The van der Waals surface area contributed by atoms with Crippen molar-refractivity contribution >= 4 is 29.9 Å². The number of hydrogen-bond acceptors (Lipinski definition) is 4. The Balaban J connectivity index is 0.00000280. The monoisotopic (exact) mass is 498 g/mol. The first kappa shape index (κ1) is 22.7. The van der Waals surface area contributed by atoms with E-state index >= 15 is 0 Å². The van der Waals surface area contributed by atoms with Gasteiger partial charge in [-0.25, -0.2) is 0 Å². The lowest BCUT2D eigenvalue weighted by atomic mass is 10.1. The molecular formula is C21H31IN4O2. The van der Waals surface area contributed by atoms with Crippen molar-refractivity contribution in [2.75, 3.05) is 39.9 Å². The van der Waals surface area contributed by atoms with Crippen LogP contribution in [0.3, 0.4) is 0 Å². The van der Waals surface area contributed by atoms with E-state index in [9.17, 15) is 0 Å². The maximum Gasteiger partial charge on any atom is 0.191 e. The standard InChI is InChI=1S/C21H30N4O2.HI/c1-16-9-10-20(27-16)19(25-11-13-26-14-12-25)15-23-21(22-3)24-17(2)18-7-5-4-6-8-18;/h4-10,17,19H,11-15H2,1-3H3,(H2,22,23,24);1H. The summed E-state index contributed by atoms with van der Waals surface area (Å²) < 4.78 is 11.4. The van der Waals surface area contributed by atoms with E-state index in [0.29, 0.717) is 6.54 Å². The smallest absolute Gasteiger partial charge is 0.191 e. The summed E-state index contributed by atoms with van der Waals surface area (Å²) in [6, 6.07) is 14.8. The first-order valence-corrected chi connectivity index (χ1v) is 9.57. The third-order valence-corrected chi connectivity index (χ3v) is 4.92. The van der Waals surface area contributed by atoms with Gasteiger partial charge in [0.05, 0.1) is 25.3 Å². The quantitative estimate of drug-likeness (QED) is 0.363. The Morgan fingerprint density at radius 1 is 1.14 bits per heavy atom. The minimum Gasteiger partial charge on any atom is -0.465 e. The highest BCUT2D eigenvalue weighted by atomic mass is 127. The number of benzene rings is 1. The second-order valence-corrected chi connectivity index (χ2v) is 6.84. The van der Waals surface area contributed by atoms with Gasteiger partial charge in [0, 0.05) is 26.7 Å². The van der Waals surface area contributed by atoms with E-state index in [1.54, 1.807) is 7.05 Å². The predicted octanol–water partition coefficient (Wildman–Crippen LogP) is 3.51. The van der Waals surface area contributed by atoms with E-state index in [2.05, 4.69) is 57.8 Å². The van der Waals surface area contributed by atoms with Crippen molar-refractivity contribution in [2.24, 2.45) is 4.99 Å². The van der Waals surface area contributed by atoms with Crippen molar-refractivity contribution in [3.05, 3.63) is 59.5 Å². The van der Waals surface area contributed by atoms with Crippen LogP contribution in [-0.4, -0.2) is 50.8 Å². The third kappa shape index (κ3) is 6.22. The van der Waals surface area contributed by atoms with Crippen molar-refractivity contribution in [3.63, 3.8) is 0 Å². The number of guanidine groups is 1. The van der Waals surface area contributed by atoms with Gasteiger partial charge in [-0.3, -0.25) is 9.89 Å². The highest BCUT2D eigenvalue weighted by molar-refractivity contribution is 14.0. The van der Waals surface area contributed by atoms with Gasteiger partial charge >= 0.3 is 0 Å². The topological polar surface area (TPSA) is 62.0 Å². The van der Waals surface area contributed by atoms with Gasteiger partial charge in [0.25, 0.3) is 0 Å². The molecule has 28 heavy (non-hydrogen) atoms. The summed E-state index contributed by atoms with van der Waals surface area (Å²) in [5.74, 6) is 2.70. The van der Waals surface area contributed by atoms with Crippen LogP contribution in [0.4, 0.5) is 0 Å². The number of morpholine rings is 1. The fourth-order valence-electron chi connectivity index (χ4n) is 3.35. The molecule has 6 nitrogen and oxygen atoms in total. The summed E-state index contributed by atoms with van der Waals surface area (Å²) >= 11 is 0. The molecule has 2 unspecified atom stereocenters. The lowest BCUT2D eigenvalue weighted by molar-refractivity contribution is 0.0124. The Morgan fingerprint density at radius 3 is 2.46 bits per heavy atom. The zero-order valence-corrected chi connectivity index (χ0v) is 19.2. The molecule has 1 aliphatic rings. The fraction of sp³-hybridized carbons (Fsp3) is 0.476. The molecule has 2 atom stereocenters. The molecule has 0 radical (unpaired) electrons. The van der Waals surface area contributed by atoms with E-state index in [-0.39, 0.29) is 36.1 Å². The number of halogens is 1. The molecule has 0 amide bonds. The number of nitrogens with zero attached hydrogens (tertiary/aromatic N) is 2. The average Bonchev–Trinajstić information content (AvgIpc) is 3.14. The summed E-state index contributed by atoms with van der Waals surface area (Å²) in [5.41, 5.74) is 1.23. The summed E-state index contributed by atoms with van der Waals surface area (Å²) in [6.07, 6.45) is 0. The van der Waals surface area contributed by atoms with Crippen molar-refractivity contribution in [3.8, 4) is 0 Å². The molecule has 1 aromatic carbocycles. The number of hydrogen-bond donors (Lipinski definition) is 2. The van der Waals surface area contributed by atoms with Crippen LogP contribution in [0.25, 0.3) is 0 Å². The van der Waals surface area contributed by atoms with Crippen LogP contribution in [0.5, 0.6) is 0 Å². The second-order valence-electron chi connectivity index (χ2n) is 6.84. The fourth-order valence-corrected chi connectivity index (χ4v) is 3.35. The Bertz CT molecular complexity index is 729. The number of rotatable bonds is 6. The lowest BCUT2D eigenvalue weighted by Gasteiger charge is -2.33. The van der Waals surface area contributed by atoms with Gasteiger partial charge in [-0.05, 0) is 31.5 Å². The SMILES string of the molecule is CN=C(NCC(c1ccc(C)o1)N1CCOCC1)NC(C)c1ccccc1.I. The van der Waals surface area contributed by atoms with E-state index in [0.717, 1.165) is 43.8 Å². The Labute approximate surface area is 184 Å². The van der Waals surface area contributed by atoms with Crippen LogP contribution in [0.2, 0.25) is 0 Å². The molecule has 0 aliphatic carbocycles. The number of ether oxygens (including phenoxy) is 1. The van der Waals surface area contributed by atoms with Crippen molar-refractivity contribution in [2.45, 2.75) is 25.9 Å². The average molecular weight is 498 g/mol. The summed E-state index contributed by atoms with van der Waals surface area (Å²) in [6.45, 7) is 8.15. The second kappa shape index (κ2) is 11.4. The molecule has 1 aromatic heterocycles. The molecule has 3 rings (SSSR count). The lowest BCUT2D eigenvalue weighted by Crippen LogP contribution is -2.46. The van der Waals surface area contributed by atoms with Crippen LogP contribution >= 0.6 is 24.0 Å². The van der Waals surface area contributed by atoms with E-state index in [4.69, 9.17) is 9.15 Å². The minimum atomic E-state index is 0. The van der Waals surface area contributed by atoms with Gasteiger partial charge < -0.3 is 19.8 Å². The van der Waals surface area contributed by atoms with Crippen LogP contribution in [0.15, 0.2) is 51.9 Å². The number of aryl methyl sites for hydroxylation is 1. The van der Waals surface area contributed by atoms with Gasteiger partial charge in [0.2, 0.25) is 0 Å². The third-order valence-electron chi connectivity index (χ3n) is 4.92. The predicted molar refractivity (Wildman–Crippen MR) is 123 cm³/mol. The number of aliphatic imine (C=N–C) groups is 1. The Hall–Kier alpha value is -1.58. The first-order chi connectivity index (χ1) is 13.2. The first-order valence-electron chi connectivity index (χ1n) is 9.57. The Kier molecular flexibility index (Phi) is 9.27. The summed E-state index contributed by atoms with van der Waals surface area (Å²) in [5, 5.41) is 6.93. The molecule has 2 heterocycles. The molecule has 0 bridgehead atoms. The van der Waals surface area contributed by atoms with Crippen molar-refractivity contribution < 1.29 is 9.15 Å². The number of nitrogens with one attached hydrogen (secondary N) is 2. The molecule has 1 saturated heterocycles. The Morgan fingerprint density at radius 2 is 1.86 bits per heavy atom. The van der Waals surface area contributed by atoms with Crippen molar-refractivity contribution in [1.29, 1.82) is 0 Å². The van der Waals surface area contributed by atoms with E-state index < -0.39 is 0 Å². The molecule has 154 valence electrons. The molecule has 0 saturated carbocycles. The van der Waals surface area contributed by atoms with Crippen LogP contribution in [-0.2, 0) is 4.74 Å². The van der Waals surface area contributed by atoms with Crippen molar-refractivity contribution in [1.82, 2.24) is 15.5 Å². The van der Waals surface area contributed by atoms with Gasteiger partial charge in [0.15, 0.2) is 5.96 Å². The highest BCUT2D eigenvalue weighted by Crippen LogP contribution is 2.23. The van der Waals surface area contributed by atoms with Crippen LogP contribution < -0.4 is 10.6 Å². The minimum absolute atomic E-state index is 0. The largest absolute Gasteiger partial charge is 0.465 e. The molecule has 1 fully saturated rings. The molecular weight excluding hydrogens is 467 g/mol. The summed E-state index contributed by atoms with van der Waals surface area (Å²) in [7, 11) is 1.80. The molecule has 0 spiro atoms. The number of furan rings is 1. The van der Waals surface area contributed by atoms with E-state index in [1.807, 2.05) is 19.1 Å². The molecule has 7 heteroatoms. The van der Waals surface area contributed by atoms with Gasteiger partial charge in [0.1, 0.15) is 11.5 Å². The van der Waals surface area contributed by atoms with Crippen LogP contribution in [0, 0.1) is 6.92 Å². The zero-order chi connectivity index (χ0) is 19.1. The van der Waals surface area contributed by atoms with Gasteiger partial charge in [-0.1, -0.05) is 30.3 Å². The summed E-state index contributed by atoms with van der Waals surface area (Å²) in [4.78, 5) is 6.80.